The van der Waals surface area contributed by atoms with Crippen LogP contribution < -0.4 is 16.0 Å². The van der Waals surface area contributed by atoms with Crippen LogP contribution >= 0.6 is 0 Å². The molecule has 1 unspecified atom stereocenters. The largest absolute Gasteiger partial charge is 0.399 e. The molecule has 0 heterocycles. The fourth-order valence-corrected chi connectivity index (χ4v) is 2.14. The van der Waals surface area contributed by atoms with E-state index in [4.69, 9.17) is 10.5 Å². The normalized spacial score (nSPS) is 12.0. The molecule has 0 aliphatic rings. The number of anilines is 2. The Hall–Kier alpha value is -1.75. The summed E-state index contributed by atoms with van der Waals surface area (Å²) in [7, 11) is 5.45. The van der Waals surface area contributed by atoms with Crippen molar-refractivity contribution in [1.29, 1.82) is 0 Å². The lowest BCUT2D eigenvalue weighted by atomic mass is 10.1. The summed E-state index contributed by atoms with van der Waals surface area (Å²) in [6.45, 7) is 2.60. The van der Waals surface area contributed by atoms with E-state index in [9.17, 15) is 4.79 Å². The molecular weight excluding hydrogens is 254 g/mol. The van der Waals surface area contributed by atoms with Gasteiger partial charge in [0, 0.05) is 32.6 Å². The van der Waals surface area contributed by atoms with Gasteiger partial charge in [0.2, 0.25) is 0 Å². The predicted octanol–water partition coefficient (Wildman–Crippen LogP) is 1.88. The van der Waals surface area contributed by atoms with E-state index in [1.807, 2.05) is 25.1 Å². The molecule has 0 aliphatic carbocycles. The van der Waals surface area contributed by atoms with Gasteiger partial charge in [-0.2, -0.15) is 0 Å². The Balaban J connectivity index is 2.92. The van der Waals surface area contributed by atoms with Crippen molar-refractivity contribution in [2.24, 2.45) is 0 Å². The molecular formula is C15H25N3O2. The Morgan fingerprint density at radius 1 is 1.45 bits per heavy atom. The Morgan fingerprint density at radius 3 is 2.70 bits per heavy atom. The first-order valence-corrected chi connectivity index (χ1v) is 6.86. The molecule has 3 N–H and O–H groups in total. The number of rotatable bonds is 7. The fraction of sp³-hybridized carbons (Fsp3) is 0.533. The monoisotopic (exact) mass is 279 g/mol. The summed E-state index contributed by atoms with van der Waals surface area (Å²) < 4.78 is 5.14. The van der Waals surface area contributed by atoms with Gasteiger partial charge in [0.1, 0.15) is 0 Å². The van der Waals surface area contributed by atoms with Crippen LogP contribution in [0.15, 0.2) is 18.2 Å². The van der Waals surface area contributed by atoms with Crippen LogP contribution in [-0.4, -0.2) is 39.8 Å². The number of nitrogens with two attached hydrogens (primary N) is 1. The average molecular weight is 279 g/mol. The van der Waals surface area contributed by atoms with E-state index in [0.717, 1.165) is 18.5 Å². The molecule has 1 amide bonds. The van der Waals surface area contributed by atoms with Crippen LogP contribution in [0.1, 0.15) is 30.1 Å². The van der Waals surface area contributed by atoms with E-state index in [1.165, 1.54) is 0 Å². The standard InChI is InChI=1S/C15H25N3O2/c1-5-6-12(10-20-4)17-15(19)13-9-11(16)7-8-14(13)18(2)3/h7-9,12H,5-6,10,16H2,1-4H3,(H,17,19). The highest BCUT2D eigenvalue weighted by Gasteiger charge is 2.17. The highest BCUT2D eigenvalue weighted by atomic mass is 16.5. The van der Waals surface area contributed by atoms with Gasteiger partial charge in [-0.15, -0.1) is 0 Å². The Bertz CT molecular complexity index is 441. The Morgan fingerprint density at radius 2 is 2.15 bits per heavy atom. The number of ether oxygens (including phenoxy) is 1. The Labute approximate surface area is 121 Å². The molecule has 112 valence electrons. The number of methoxy groups -OCH3 is 1. The lowest BCUT2D eigenvalue weighted by molar-refractivity contribution is 0.0892. The third-order valence-electron chi connectivity index (χ3n) is 3.09. The maximum absolute atomic E-state index is 12.4. The van der Waals surface area contributed by atoms with Crippen LogP contribution in [0, 0.1) is 0 Å². The van der Waals surface area contributed by atoms with Crippen molar-refractivity contribution in [2.75, 3.05) is 38.4 Å². The number of carbonyl (C=O) groups excluding carboxylic acids is 1. The number of carbonyl (C=O) groups is 1. The van der Waals surface area contributed by atoms with E-state index >= 15 is 0 Å². The van der Waals surface area contributed by atoms with Crippen LogP contribution in [0.25, 0.3) is 0 Å². The average Bonchev–Trinajstić information content (AvgIpc) is 2.38. The molecule has 1 aromatic rings. The number of hydrogen-bond donors (Lipinski definition) is 2. The first-order valence-electron chi connectivity index (χ1n) is 6.86. The quantitative estimate of drug-likeness (QED) is 0.748. The molecule has 0 aromatic heterocycles. The van der Waals surface area contributed by atoms with Gasteiger partial charge in [0.25, 0.3) is 5.91 Å². The lowest BCUT2D eigenvalue weighted by Gasteiger charge is -2.21. The molecule has 0 radical (unpaired) electrons. The van der Waals surface area contributed by atoms with E-state index in [-0.39, 0.29) is 11.9 Å². The third-order valence-corrected chi connectivity index (χ3v) is 3.09. The van der Waals surface area contributed by atoms with E-state index < -0.39 is 0 Å². The van der Waals surface area contributed by atoms with Gasteiger partial charge in [-0.25, -0.2) is 0 Å². The van der Waals surface area contributed by atoms with Crippen LogP contribution in [0.3, 0.4) is 0 Å². The molecule has 1 atom stereocenters. The summed E-state index contributed by atoms with van der Waals surface area (Å²) in [4.78, 5) is 14.3. The number of nitrogen functional groups attached to an aromatic ring is 1. The van der Waals surface area contributed by atoms with Crippen molar-refractivity contribution in [2.45, 2.75) is 25.8 Å². The smallest absolute Gasteiger partial charge is 0.253 e. The number of hydrogen-bond acceptors (Lipinski definition) is 4. The van der Waals surface area contributed by atoms with Crippen molar-refractivity contribution in [3.8, 4) is 0 Å². The maximum Gasteiger partial charge on any atom is 0.253 e. The molecule has 0 saturated carbocycles. The maximum atomic E-state index is 12.4. The summed E-state index contributed by atoms with van der Waals surface area (Å²) in [5.41, 5.74) is 7.81. The summed E-state index contributed by atoms with van der Waals surface area (Å²) >= 11 is 0. The molecule has 1 aromatic carbocycles. The number of amides is 1. The lowest BCUT2D eigenvalue weighted by Crippen LogP contribution is -2.38. The molecule has 0 saturated heterocycles. The summed E-state index contributed by atoms with van der Waals surface area (Å²) in [5, 5.41) is 3.01. The fourth-order valence-electron chi connectivity index (χ4n) is 2.14. The minimum atomic E-state index is -0.114. The summed E-state index contributed by atoms with van der Waals surface area (Å²) in [6, 6.07) is 5.38. The summed E-state index contributed by atoms with van der Waals surface area (Å²) in [6.07, 6.45) is 1.88. The highest BCUT2D eigenvalue weighted by molar-refractivity contribution is 6.00. The van der Waals surface area contributed by atoms with Crippen molar-refractivity contribution in [3.63, 3.8) is 0 Å². The highest BCUT2D eigenvalue weighted by Crippen LogP contribution is 2.21. The minimum Gasteiger partial charge on any atom is -0.399 e. The second kappa shape index (κ2) is 7.75. The second-order valence-corrected chi connectivity index (χ2v) is 5.09. The van der Waals surface area contributed by atoms with Crippen molar-refractivity contribution in [1.82, 2.24) is 5.32 Å². The minimum absolute atomic E-state index is 0.0222. The van der Waals surface area contributed by atoms with Crippen molar-refractivity contribution >= 4 is 17.3 Å². The predicted molar refractivity (Wildman–Crippen MR) is 83.2 cm³/mol. The van der Waals surface area contributed by atoms with Gasteiger partial charge < -0.3 is 20.7 Å². The number of nitrogens with one attached hydrogen (secondary N) is 1. The summed E-state index contributed by atoms with van der Waals surface area (Å²) in [5.74, 6) is -0.114. The first-order chi connectivity index (χ1) is 9.49. The molecule has 0 bridgehead atoms. The third kappa shape index (κ3) is 4.42. The zero-order chi connectivity index (χ0) is 15.1. The van der Waals surface area contributed by atoms with Gasteiger partial charge in [-0.05, 0) is 24.6 Å². The number of benzene rings is 1. The van der Waals surface area contributed by atoms with Crippen LogP contribution in [-0.2, 0) is 4.74 Å². The molecule has 0 fully saturated rings. The molecule has 0 spiro atoms. The van der Waals surface area contributed by atoms with E-state index in [2.05, 4.69) is 12.2 Å². The van der Waals surface area contributed by atoms with Crippen LogP contribution in [0.5, 0.6) is 0 Å². The van der Waals surface area contributed by atoms with E-state index in [1.54, 1.807) is 19.2 Å². The van der Waals surface area contributed by atoms with Crippen molar-refractivity contribution in [3.05, 3.63) is 23.8 Å². The molecule has 20 heavy (non-hydrogen) atoms. The topological polar surface area (TPSA) is 67.6 Å². The zero-order valence-corrected chi connectivity index (χ0v) is 12.8. The molecule has 0 aliphatic heterocycles. The van der Waals surface area contributed by atoms with Gasteiger partial charge >= 0.3 is 0 Å². The van der Waals surface area contributed by atoms with Gasteiger partial charge in [0.05, 0.1) is 18.2 Å². The Kier molecular flexibility index (Phi) is 6.31. The molecule has 5 nitrogen and oxygen atoms in total. The van der Waals surface area contributed by atoms with Gasteiger partial charge in [0.15, 0.2) is 0 Å². The van der Waals surface area contributed by atoms with Crippen molar-refractivity contribution < 1.29 is 9.53 Å². The van der Waals surface area contributed by atoms with E-state index in [0.29, 0.717) is 17.9 Å². The van der Waals surface area contributed by atoms with Gasteiger partial charge in [-0.1, -0.05) is 13.3 Å². The second-order valence-electron chi connectivity index (χ2n) is 5.09. The molecule has 1 rings (SSSR count). The zero-order valence-electron chi connectivity index (χ0n) is 12.8. The molecule has 5 heteroatoms. The number of nitrogens with zero attached hydrogens (tertiary/aromatic N) is 1. The first kappa shape index (κ1) is 16.3. The van der Waals surface area contributed by atoms with Crippen LogP contribution in [0.4, 0.5) is 11.4 Å². The van der Waals surface area contributed by atoms with Crippen LogP contribution in [0.2, 0.25) is 0 Å². The SMILES string of the molecule is CCCC(COC)NC(=O)c1cc(N)ccc1N(C)C. The van der Waals surface area contributed by atoms with Gasteiger partial charge in [-0.3, -0.25) is 4.79 Å².